The highest BCUT2D eigenvalue weighted by molar-refractivity contribution is 5.92. The molecule has 1 atom stereocenters. The van der Waals surface area contributed by atoms with Crippen molar-refractivity contribution in [2.24, 2.45) is 0 Å². The lowest BCUT2D eigenvalue weighted by atomic mass is 10.2. The summed E-state index contributed by atoms with van der Waals surface area (Å²) in [5.74, 6) is -0.893. The van der Waals surface area contributed by atoms with E-state index in [0.29, 0.717) is 11.6 Å². The Morgan fingerprint density at radius 3 is 3.10 bits per heavy atom. The van der Waals surface area contributed by atoms with E-state index in [-0.39, 0.29) is 0 Å². The van der Waals surface area contributed by atoms with Crippen molar-refractivity contribution < 1.29 is 9.90 Å². The third-order valence-corrected chi connectivity index (χ3v) is 4.18. The van der Waals surface area contributed by atoms with Gasteiger partial charge in [0.25, 0.3) is 0 Å². The number of benzene rings is 1. The number of nitrogens with zero attached hydrogens (tertiary/aromatic N) is 3. The maximum atomic E-state index is 11.1. The molecule has 1 unspecified atom stereocenters. The summed E-state index contributed by atoms with van der Waals surface area (Å²) in [6, 6.07) is 5.64. The molecule has 20 heavy (non-hydrogen) atoms. The van der Waals surface area contributed by atoms with Crippen LogP contribution in [0.3, 0.4) is 0 Å². The Bertz CT molecular complexity index is 635. The van der Waals surface area contributed by atoms with Crippen molar-refractivity contribution in [2.75, 3.05) is 13.1 Å². The van der Waals surface area contributed by atoms with Crippen molar-refractivity contribution in [1.82, 2.24) is 14.5 Å². The molecule has 5 heteroatoms. The Labute approximate surface area is 117 Å². The molecule has 1 aliphatic rings. The molecule has 0 amide bonds. The Balaban J connectivity index is 1.91. The van der Waals surface area contributed by atoms with E-state index in [1.54, 1.807) is 18.2 Å². The first kappa shape index (κ1) is 13.1. The number of hydrogen-bond donors (Lipinski definition) is 1. The molecule has 1 aromatic carbocycles. The van der Waals surface area contributed by atoms with Crippen LogP contribution in [0.4, 0.5) is 0 Å². The number of carboxylic acids is 1. The normalized spacial score (nSPS) is 19.8. The topological polar surface area (TPSA) is 58.4 Å². The van der Waals surface area contributed by atoms with Gasteiger partial charge in [-0.2, -0.15) is 0 Å². The minimum Gasteiger partial charge on any atom is -0.478 e. The summed E-state index contributed by atoms with van der Waals surface area (Å²) in [5.41, 5.74) is 2.09. The van der Waals surface area contributed by atoms with Gasteiger partial charge < -0.3 is 9.67 Å². The predicted molar refractivity (Wildman–Crippen MR) is 77.0 cm³/mol. The van der Waals surface area contributed by atoms with Gasteiger partial charge in [-0.1, -0.05) is 6.92 Å². The minimum absolute atomic E-state index is 0.318. The first-order chi connectivity index (χ1) is 9.69. The molecule has 1 saturated heterocycles. The van der Waals surface area contributed by atoms with Crippen LogP contribution in [0.2, 0.25) is 0 Å². The van der Waals surface area contributed by atoms with E-state index in [4.69, 9.17) is 5.11 Å². The molecule has 3 rings (SSSR count). The van der Waals surface area contributed by atoms with Gasteiger partial charge in [-0.05, 0) is 44.1 Å². The summed E-state index contributed by atoms with van der Waals surface area (Å²) in [7, 11) is 0. The molecule has 0 aliphatic carbocycles. The molecule has 1 fully saturated rings. The van der Waals surface area contributed by atoms with Gasteiger partial charge in [0, 0.05) is 12.6 Å². The van der Waals surface area contributed by atoms with Crippen molar-refractivity contribution in [3.8, 4) is 0 Å². The average Bonchev–Trinajstić information content (AvgIpc) is 3.05. The van der Waals surface area contributed by atoms with E-state index in [9.17, 15) is 4.79 Å². The second kappa shape index (κ2) is 5.25. The molecule has 2 aromatic rings. The Kier molecular flexibility index (Phi) is 3.44. The maximum Gasteiger partial charge on any atom is 0.335 e. The molecule has 0 saturated carbocycles. The van der Waals surface area contributed by atoms with E-state index in [2.05, 4.69) is 21.4 Å². The van der Waals surface area contributed by atoms with E-state index in [1.807, 2.05) is 6.33 Å². The Morgan fingerprint density at radius 2 is 2.35 bits per heavy atom. The second-order valence-electron chi connectivity index (χ2n) is 5.33. The molecule has 1 N–H and O–H groups in total. The highest BCUT2D eigenvalue weighted by Crippen LogP contribution is 2.21. The highest BCUT2D eigenvalue weighted by atomic mass is 16.4. The SMILES string of the molecule is CCN1CCCC1Cn1cnc2ccc(C(=O)O)cc21. The van der Waals surface area contributed by atoms with Crippen molar-refractivity contribution in [2.45, 2.75) is 32.4 Å². The van der Waals surface area contributed by atoms with Crippen LogP contribution in [0.5, 0.6) is 0 Å². The zero-order chi connectivity index (χ0) is 14.1. The van der Waals surface area contributed by atoms with Crippen molar-refractivity contribution in [1.29, 1.82) is 0 Å². The highest BCUT2D eigenvalue weighted by Gasteiger charge is 2.23. The van der Waals surface area contributed by atoms with Gasteiger partial charge in [-0.15, -0.1) is 0 Å². The first-order valence-corrected chi connectivity index (χ1v) is 7.11. The van der Waals surface area contributed by atoms with E-state index < -0.39 is 5.97 Å². The lowest BCUT2D eigenvalue weighted by Gasteiger charge is -2.23. The zero-order valence-corrected chi connectivity index (χ0v) is 11.6. The fourth-order valence-electron chi connectivity index (χ4n) is 3.08. The average molecular weight is 273 g/mol. The zero-order valence-electron chi connectivity index (χ0n) is 11.6. The minimum atomic E-state index is -0.893. The summed E-state index contributed by atoms with van der Waals surface area (Å²) < 4.78 is 2.08. The standard InChI is InChI=1S/C15H19N3O2/c1-2-17-7-3-4-12(17)9-18-10-16-13-6-5-11(15(19)20)8-14(13)18/h5-6,8,10,12H,2-4,7,9H2,1H3,(H,19,20). The van der Waals surface area contributed by atoms with Crippen LogP contribution in [0, 0.1) is 0 Å². The molecule has 106 valence electrons. The smallest absolute Gasteiger partial charge is 0.335 e. The molecule has 5 nitrogen and oxygen atoms in total. The van der Waals surface area contributed by atoms with Gasteiger partial charge in [0.05, 0.1) is 22.9 Å². The number of imidazole rings is 1. The number of carbonyl (C=O) groups is 1. The third-order valence-electron chi connectivity index (χ3n) is 4.18. The third kappa shape index (κ3) is 2.29. The van der Waals surface area contributed by atoms with Gasteiger partial charge in [-0.25, -0.2) is 9.78 Å². The van der Waals surface area contributed by atoms with Gasteiger partial charge in [-0.3, -0.25) is 4.90 Å². The summed E-state index contributed by atoms with van der Waals surface area (Å²) >= 11 is 0. The van der Waals surface area contributed by atoms with Gasteiger partial charge >= 0.3 is 5.97 Å². The van der Waals surface area contributed by atoms with Gasteiger partial charge in [0.15, 0.2) is 0 Å². The fourth-order valence-corrected chi connectivity index (χ4v) is 3.08. The Morgan fingerprint density at radius 1 is 1.50 bits per heavy atom. The van der Waals surface area contributed by atoms with E-state index >= 15 is 0 Å². The van der Waals surface area contributed by atoms with E-state index in [1.165, 1.54) is 12.8 Å². The largest absolute Gasteiger partial charge is 0.478 e. The monoisotopic (exact) mass is 273 g/mol. The number of aromatic nitrogens is 2. The van der Waals surface area contributed by atoms with Gasteiger partial charge in [0.1, 0.15) is 0 Å². The molecular formula is C15H19N3O2. The summed E-state index contributed by atoms with van der Waals surface area (Å²) in [6.45, 7) is 5.30. The number of fused-ring (bicyclic) bond motifs is 1. The summed E-state index contributed by atoms with van der Waals surface area (Å²) in [4.78, 5) is 17.9. The number of hydrogen-bond acceptors (Lipinski definition) is 3. The Hall–Kier alpha value is -1.88. The number of aromatic carboxylic acids is 1. The van der Waals surface area contributed by atoms with E-state index in [0.717, 1.165) is 30.7 Å². The van der Waals surface area contributed by atoms with Crippen LogP contribution >= 0.6 is 0 Å². The lowest BCUT2D eigenvalue weighted by molar-refractivity contribution is 0.0697. The molecule has 0 radical (unpaired) electrons. The van der Waals surface area contributed by atoms with Crippen LogP contribution in [0.1, 0.15) is 30.1 Å². The second-order valence-corrected chi connectivity index (χ2v) is 5.33. The molecule has 1 aromatic heterocycles. The summed E-state index contributed by atoms with van der Waals surface area (Å²) in [6.07, 6.45) is 4.26. The van der Waals surface area contributed by atoms with Crippen LogP contribution in [0.15, 0.2) is 24.5 Å². The van der Waals surface area contributed by atoms with Crippen molar-refractivity contribution in [3.63, 3.8) is 0 Å². The quantitative estimate of drug-likeness (QED) is 0.928. The van der Waals surface area contributed by atoms with Crippen LogP contribution in [0.25, 0.3) is 11.0 Å². The predicted octanol–water partition coefficient (Wildman–Crippen LogP) is 2.22. The molecule has 2 heterocycles. The number of likely N-dealkylation sites (tertiary alicyclic amines) is 1. The molecule has 0 bridgehead atoms. The van der Waals surface area contributed by atoms with Crippen molar-refractivity contribution in [3.05, 3.63) is 30.1 Å². The number of likely N-dealkylation sites (N-methyl/N-ethyl adjacent to an activating group) is 1. The maximum absolute atomic E-state index is 11.1. The summed E-state index contributed by atoms with van der Waals surface area (Å²) in [5, 5.41) is 9.10. The first-order valence-electron chi connectivity index (χ1n) is 7.11. The number of rotatable bonds is 4. The number of carboxylic acid groups (broad SMARTS) is 1. The molecule has 1 aliphatic heterocycles. The van der Waals surface area contributed by atoms with Crippen LogP contribution < -0.4 is 0 Å². The molecule has 0 spiro atoms. The lowest BCUT2D eigenvalue weighted by Crippen LogP contribution is -2.32. The van der Waals surface area contributed by atoms with Crippen LogP contribution in [-0.2, 0) is 6.54 Å². The van der Waals surface area contributed by atoms with Crippen molar-refractivity contribution >= 4 is 17.0 Å². The van der Waals surface area contributed by atoms with Crippen LogP contribution in [-0.4, -0.2) is 44.7 Å². The molecular weight excluding hydrogens is 254 g/mol. The van der Waals surface area contributed by atoms with Gasteiger partial charge in [0.2, 0.25) is 0 Å². The fraction of sp³-hybridized carbons (Fsp3) is 0.467.